The lowest BCUT2D eigenvalue weighted by Crippen LogP contribution is -2.47. The Morgan fingerprint density at radius 2 is 1.79 bits per heavy atom. The van der Waals surface area contributed by atoms with Crippen LogP contribution in [0.2, 0.25) is 0 Å². The van der Waals surface area contributed by atoms with E-state index in [9.17, 15) is 9.59 Å². The molecule has 0 aliphatic rings. The van der Waals surface area contributed by atoms with Crippen LogP contribution < -0.4 is 15.4 Å². The standard InChI is InChI=1S/C23H25N3O3/c1-15(2)22(23(28)25-18-11-12-21(29-3)24-14-18)26-20(27)13-17-9-6-8-16-7-4-5-10-19(16)17/h4-12,14-15,22H,13H2,1-3H3,(H,25,28)(H,26,27). The monoisotopic (exact) mass is 391 g/mol. The predicted octanol–water partition coefficient (Wildman–Crippen LogP) is 3.57. The van der Waals surface area contributed by atoms with Crippen LogP contribution in [0.15, 0.2) is 60.8 Å². The quantitative estimate of drug-likeness (QED) is 0.645. The van der Waals surface area contributed by atoms with Crippen molar-refractivity contribution >= 4 is 28.3 Å². The van der Waals surface area contributed by atoms with Gasteiger partial charge in [0, 0.05) is 6.07 Å². The summed E-state index contributed by atoms with van der Waals surface area (Å²) < 4.78 is 5.02. The van der Waals surface area contributed by atoms with Crippen molar-refractivity contribution in [3.63, 3.8) is 0 Å². The number of ether oxygens (including phenoxy) is 1. The van der Waals surface area contributed by atoms with Crippen molar-refractivity contribution in [3.8, 4) is 5.88 Å². The third-order valence-corrected chi connectivity index (χ3v) is 4.71. The van der Waals surface area contributed by atoms with Gasteiger partial charge in [0.25, 0.3) is 0 Å². The molecule has 0 aliphatic carbocycles. The third kappa shape index (κ3) is 5.10. The van der Waals surface area contributed by atoms with Gasteiger partial charge in [-0.05, 0) is 28.3 Å². The van der Waals surface area contributed by atoms with Gasteiger partial charge in [-0.1, -0.05) is 56.3 Å². The smallest absolute Gasteiger partial charge is 0.247 e. The molecule has 3 rings (SSSR count). The minimum atomic E-state index is -0.653. The van der Waals surface area contributed by atoms with Gasteiger partial charge >= 0.3 is 0 Å². The van der Waals surface area contributed by atoms with Crippen molar-refractivity contribution in [2.24, 2.45) is 5.92 Å². The van der Waals surface area contributed by atoms with E-state index in [1.165, 1.54) is 13.3 Å². The molecule has 0 saturated heterocycles. The molecule has 2 aromatic carbocycles. The summed E-state index contributed by atoms with van der Waals surface area (Å²) in [6.45, 7) is 3.80. The lowest BCUT2D eigenvalue weighted by atomic mass is 10.00. The van der Waals surface area contributed by atoms with Gasteiger partial charge in [-0.25, -0.2) is 4.98 Å². The minimum absolute atomic E-state index is 0.0716. The van der Waals surface area contributed by atoms with Crippen LogP contribution in [0.1, 0.15) is 19.4 Å². The number of hydrogen-bond donors (Lipinski definition) is 2. The van der Waals surface area contributed by atoms with Gasteiger partial charge in [0.1, 0.15) is 6.04 Å². The Balaban J connectivity index is 1.68. The number of amides is 2. The fourth-order valence-corrected chi connectivity index (χ4v) is 3.17. The van der Waals surface area contributed by atoms with Gasteiger partial charge in [-0.15, -0.1) is 0 Å². The number of benzene rings is 2. The molecule has 2 N–H and O–H groups in total. The fourth-order valence-electron chi connectivity index (χ4n) is 3.17. The van der Waals surface area contributed by atoms with E-state index in [1.54, 1.807) is 12.1 Å². The molecule has 0 bridgehead atoms. The average molecular weight is 391 g/mol. The molecule has 29 heavy (non-hydrogen) atoms. The molecule has 2 amide bonds. The number of rotatable bonds is 7. The first-order valence-corrected chi connectivity index (χ1v) is 9.55. The Hall–Kier alpha value is -3.41. The normalized spacial score (nSPS) is 11.9. The highest BCUT2D eigenvalue weighted by atomic mass is 16.5. The first-order chi connectivity index (χ1) is 14.0. The lowest BCUT2D eigenvalue weighted by Gasteiger charge is -2.22. The highest BCUT2D eigenvalue weighted by molar-refractivity contribution is 5.98. The number of nitrogens with one attached hydrogen (secondary N) is 2. The number of methoxy groups -OCH3 is 1. The van der Waals surface area contributed by atoms with Gasteiger partial charge in [-0.3, -0.25) is 9.59 Å². The molecule has 3 aromatic rings. The zero-order chi connectivity index (χ0) is 20.8. The summed E-state index contributed by atoms with van der Waals surface area (Å²) in [7, 11) is 1.53. The predicted molar refractivity (Wildman–Crippen MR) is 114 cm³/mol. The number of aromatic nitrogens is 1. The van der Waals surface area contributed by atoms with Gasteiger partial charge in [-0.2, -0.15) is 0 Å². The number of anilines is 1. The Kier molecular flexibility index (Phi) is 6.44. The second-order valence-corrected chi connectivity index (χ2v) is 7.18. The number of hydrogen-bond acceptors (Lipinski definition) is 4. The largest absolute Gasteiger partial charge is 0.481 e. The Morgan fingerprint density at radius 1 is 1.03 bits per heavy atom. The molecular weight excluding hydrogens is 366 g/mol. The van der Waals surface area contributed by atoms with Crippen LogP contribution in [-0.2, 0) is 16.0 Å². The second-order valence-electron chi connectivity index (χ2n) is 7.18. The van der Waals surface area contributed by atoms with Crippen molar-refractivity contribution < 1.29 is 14.3 Å². The summed E-state index contributed by atoms with van der Waals surface area (Å²) >= 11 is 0. The van der Waals surface area contributed by atoms with Crippen LogP contribution in [0.5, 0.6) is 5.88 Å². The van der Waals surface area contributed by atoms with E-state index in [0.717, 1.165) is 16.3 Å². The van der Waals surface area contributed by atoms with Crippen molar-refractivity contribution in [3.05, 3.63) is 66.4 Å². The SMILES string of the molecule is COc1ccc(NC(=O)C(NC(=O)Cc2cccc3ccccc23)C(C)C)cn1. The maximum atomic E-state index is 12.7. The van der Waals surface area contributed by atoms with Crippen LogP contribution in [0, 0.1) is 5.92 Å². The van der Waals surface area contributed by atoms with E-state index >= 15 is 0 Å². The van der Waals surface area contributed by atoms with E-state index in [-0.39, 0.29) is 24.2 Å². The zero-order valence-electron chi connectivity index (χ0n) is 16.8. The van der Waals surface area contributed by atoms with Crippen LogP contribution in [0.4, 0.5) is 5.69 Å². The summed E-state index contributed by atoms with van der Waals surface area (Å²) in [4.78, 5) is 29.5. The molecule has 0 aliphatic heterocycles. The third-order valence-electron chi connectivity index (χ3n) is 4.71. The minimum Gasteiger partial charge on any atom is -0.481 e. The highest BCUT2D eigenvalue weighted by Crippen LogP contribution is 2.19. The molecule has 1 unspecified atom stereocenters. The average Bonchev–Trinajstić information content (AvgIpc) is 2.72. The zero-order valence-corrected chi connectivity index (χ0v) is 16.8. The van der Waals surface area contributed by atoms with Crippen LogP contribution in [0.25, 0.3) is 10.8 Å². The van der Waals surface area contributed by atoms with E-state index < -0.39 is 6.04 Å². The summed E-state index contributed by atoms with van der Waals surface area (Å²) in [5, 5.41) is 7.81. The summed E-state index contributed by atoms with van der Waals surface area (Å²) in [6.07, 6.45) is 1.73. The van der Waals surface area contributed by atoms with Crippen LogP contribution in [0.3, 0.4) is 0 Å². The molecule has 1 aromatic heterocycles. The van der Waals surface area contributed by atoms with Crippen LogP contribution >= 0.6 is 0 Å². The Morgan fingerprint density at radius 3 is 2.48 bits per heavy atom. The van der Waals surface area contributed by atoms with E-state index in [2.05, 4.69) is 15.6 Å². The molecular formula is C23H25N3O3. The lowest BCUT2D eigenvalue weighted by molar-refractivity contribution is -0.127. The molecule has 0 radical (unpaired) electrons. The number of nitrogens with zero attached hydrogens (tertiary/aromatic N) is 1. The number of fused-ring (bicyclic) bond motifs is 1. The molecule has 0 saturated carbocycles. The molecule has 1 atom stereocenters. The second kappa shape index (κ2) is 9.19. The molecule has 6 heteroatoms. The van der Waals surface area contributed by atoms with Crippen molar-refractivity contribution in [1.82, 2.24) is 10.3 Å². The first kappa shape index (κ1) is 20.3. The van der Waals surface area contributed by atoms with Gasteiger partial charge < -0.3 is 15.4 Å². The maximum absolute atomic E-state index is 12.7. The number of pyridine rings is 1. The Bertz CT molecular complexity index is 994. The van der Waals surface area contributed by atoms with Crippen LogP contribution in [-0.4, -0.2) is 29.9 Å². The number of carbonyl (C=O) groups is 2. The summed E-state index contributed by atoms with van der Waals surface area (Å²) in [5.74, 6) is -0.0780. The van der Waals surface area contributed by atoms with Crippen molar-refractivity contribution in [2.75, 3.05) is 12.4 Å². The Labute approximate surface area is 170 Å². The van der Waals surface area contributed by atoms with Gasteiger partial charge in [0.15, 0.2) is 0 Å². The molecule has 0 fully saturated rings. The van der Waals surface area contributed by atoms with Crippen molar-refractivity contribution in [1.29, 1.82) is 0 Å². The van der Waals surface area contributed by atoms with Gasteiger partial charge in [0.2, 0.25) is 17.7 Å². The fraction of sp³-hybridized carbons (Fsp3) is 0.261. The first-order valence-electron chi connectivity index (χ1n) is 9.55. The maximum Gasteiger partial charge on any atom is 0.247 e. The van der Waals surface area contributed by atoms with E-state index in [4.69, 9.17) is 4.74 Å². The molecule has 1 heterocycles. The van der Waals surface area contributed by atoms with Crippen molar-refractivity contribution in [2.45, 2.75) is 26.3 Å². The molecule has 6 nitrogen and oxygen atoms in total. The van der Waals surface area contributed by atoms with E-state index in [1.807, 2.05) is 56.3 Å². The van der Waals surface area contributed by atoms with E-state index in [0.29, 0.717) is 11.6 Å². The number of carbonyl (C=O) groups excluding carboxylic acids is 2. The molecule has 150 valence electrons. The molecule has 0 spiro atoms. The summed E-state index contributed by atoms with van der Waals surface area (Å²) in [6, 6.07) is 16.6. The topological polar surface area (TPSA) is 80.3 Å². The highest BCUT2D eigenvalue weighted by Gasteiger charge is 2.24. The van der Waals surface area contributed by atoms with Gasteiger partial charge in [0.05, 0.1) is 25.4 Å². The summed E-state index contributed by atoms with van der Waals surface area (Å²) in [5.41, 5.74) is 1.48.